The van der Waals surface area contributed by atoms with Crippen molar-refractivity contribution in [3.05, 3.63) is 38.8 Å². The molecule has 0 amide bonds. The highest BCUT2D eigenvalue weighted by molar-refractivity contribution is 7.16. The lowest BCUT2D eigenvalue weighted by atomic mass is 10.2. The van der Waals surface area contributed by atoms with Crippen LogP contribution in [0.25, 0.3) is 0 Å². The topological polar surface area (TPSA) is 40.7 Å². The maximum absolute atomic E-state index is 5.86. The van der Waals surface area contributed by atoms with E-state index in [1.54, 1.807) is 11.3 Å². The zero-order chi connectivity index (χ0) is 11.4. The van der Waals surface area contributed by atoms with Gasteiger partial charge in [-0.25, -0.2) is 0 Å². The quantitative estimate of drug-likeness (QED) is 0.807. The van der Waals surface area contributed by atoms with E-state index in [4.69, 9.17) is 11.6 Å². The van der Waals surface area contributed by atoms with E-state index in [0.717, 1.165) is 29.5 Å². The molecule has 2 aromatic rings. The van der Waals surface area contributed by atoms with Crippen molar-refractivity contribution in [2.45, 2.75) is 19.9 Å². The summed E-state index contributed by atoms with van der Waals surface area (Å²) in [5, 5.41) is 10.3. The van der Waals surface area contributed by atoms with Crippen LogP contribution in [0.3, 0.4) is 0 Å². The van der Waals surface area contributed by atoms with Crippen molar-refractivity contribution in [3.8, 4) is 0 Å². The number of hydrogen-bond donors (Lipinski definition) is 2. The summed E-state index contributed by atoms with van der Waals surface area (Å²) < 4.78 is 0.862. The Balaban J connectivity index is 1.71. The molecule has 2 rings (SSSR count). The number of rotatable bonds is 5. The molecule has 0 unspecified atom stereocenters. The van der Waals surface area contributed by atoms with Crippen LogP contribution in [0.5, 0.6) is 0 Å². The molecule has 0 bridgehead atoms. The predicted octanol–water partition coefficient (Wildman–Crippen LogP) is 2.77. The Hall–Kier alpha value is -0.840. The van der Waals surface area contributed by atoms with Crippen LogP contribution in [0.15, 0.2) is 18.3 Å². The van der Waals surface area contributed by atoms with E-state index in [1.165, 1.54) is 10.4 Å². The first-order chi connectivity index (χ1) is 7.75. The molecule has 2 heterocycles. The van der Waals surface area contributed by atoms with Crippen LogP contribution in [0.2, 0.25) is 4.34 Å². The first-order valence-electron chi connectivity index (χ1n) is 5.19. The first kappa shape index (κ1) is 11.6. The third-order valence-electron chi connectivity index (χ3n) is 2.43. The van der Waals surface area contributed by atoms with Gasteiger partial charge in [-0.2, -0.15) is 5.10 Å². The monoisotopic (exact) mass is 255 g/mol. The second-order valence-corrected chi connectivity index (χ2v) is 5.45. The van der Waals surface area contributed by atoms with Gasteiger partial charge in [0.1, 0.15) is 0 Å². The van der Waals surface area contributed by atoms with Gasteiger partial charge in [0.05, 0.1) is 10.5 Å². The summed E-state index contributed by atoms with van der Waals surface area (Å²) in [6.07, 6.45) is 2.89. The van der Waals surface area contributed by atoms with Crippen LogP contribution < -0.4 is 5.32 Å². The molecule has 2 aromatic heterocycles. The fraction of sp³-hybridized carbons (Fsp3) is 0.364. The van der Waals surface area contributed by atoms with E-state index in [9.17, 15) is 0 Å². The molecular formula is C11H14ClN3S. The lowest BCUT2D eigenvalue weighted by molar-refractivity contribution is 0.688. The number of nitrogens with zero attached hydrogens (tertiary/aromatic N) is 1. The summed E-state index contributed by atoms with van der Waals surface area (Å²) in [7, 11) is 0. The molecule has 0 saturated heterocycles. The van der Waals surface area contributed by atoms with Crippen molar-refractivity contribution >= 4 is 22.9 Å². The smallest absolute Gasteiger partial charge is 0.0931 e. The molecule has 0 aliphatic heterocycles. The van der Waals surface area contributed by atoms with Crippen LogP contribution in [-0.2, 0) is 13.0 Å². The van der Waals surface area contributed by atoms with Crippen LogP contribution in [0, 0.1) is 6.92 Å². The fourth-order valence-electron chi connectivity index (χ4n) is 1.47. The minimum atomic E-state index is 0.862. The minimum Gasteiger partial charge on any atom is -0.312 e. The molecule has 0 spiro atoms. The van der Waals surface area contributed by atoms with Gasteiger partial charge in [0.15, 0.2) is 0 Å². The number of H-pyrrole nitrogens is 1. The average Bonchev–Trinajstić information content (AvgIpc) is 2.83. The highest BCUT2D eigenvalue weighted by Crippen LogP contribution is 2.21. The molecule has 2 N–H and O–H groups in total. The molecule has 0 radical (unpaired) electrons. The van der Waals surface area contributed by atoms with E-state index in [2.05, 4.69) is 21.6 Å². The molecular weight excluding hydrogens is 242 g/mol. The normalized spacial score (nSPS) is 10.9. The van der Waals surface area contributed by atoms with Gasteiger partial charge in [-0.05, 0) is 25.5 Å². The van der Waals surface area contributed by atoms with Crippen molar-refractivity contribution in [3.63, 3.8) is 0 Å². The molecule has 0 aliphatic rings. The van der Waals surface area contributed by atoms with Crippen molar-refractivity contribution in [2.24, 2.45) is 0 Å². The molecule has 86 valence electrons. The zero-order valence-electron chi connectivity index (χ0n) is 9.09. The van der Waals surface area contributed by atoms with Gasteiger partial charge in [0.25, 0.3) is 0 Å². The maximum Gasteiger partial charge on any atom is 0.0931 e. The number of aromatic amines is 1. The van der Waals surface area contributed by atoms with E-state index in [0.29, 0.717) is 0 Å². The van der Waals surface area contributed by atoms with Crippen LogP contribution in [-0.4, -0.2) is 16.7 Å². The molecule has 0 saturated carbocycles. The third-order valence-corrected chi connectivity index (χ3v) is 3.72. The Bertz CT molecular complexity index is 450. The summed E-state index contributed by atoms with van der Waals surface area (Å²) in [6.45, 7) is 3.85. The standard InChI is InChI=1S/C11H14ClN3S/c1-8-9(7-14-15-8)6-13-5-4-10-2-3-11(12)16-10/h2-3,7,13H,4-6H2,1H3,(H,14,15). The molecule has 3 nitrogen and oxygen atoms in total. The van der Waals surface area contributed by atoms with E-state index in [-0.39, 0.29) is 0 Å². The van der Waals surface area contributed by atoms with Gasteiger partial charge in [0.2, 0.25) is 0 Å². The average molecular weight is 256 g/mol. The summed E-state index contributed by atoms with van der Waals surface area (Å²) in [5.41, 5.74) is 2.36. The van der Waals surface area contributed by atoms with Gasteiger partial charge >= 0.3 is 0 Å². The Morgan fingerprint density at radius 2 is 2.38 bits per heavy atom. The number of halogens is 1. The van der Waals surface area contributed by atoms with Gasteiger partial charge in [-0.3, -0.25) is 5.10 Å². The van der Waals surface area contributed by atoms with Crippen molar-refractivity contribution in [1.29, 1.82) is 0 Å². The zero-order valence-corrected chi connectivity index (χ0v) is 10.7. The maximum atomic E-state index is 5.86. The number of aryl methyl sites for hydroxylation is 1. The number of thiophene rings is 1. The lowest BCUT2D eigenvalue weighted by Crippen LogP contribution is -2.16. The SMILES string of the molecule is Cc1[nH]ncc1CNCCc1ccc(Cl)s1. The van der Waals surface area contributed by atoms with Crippen molar-refractivity contribution in [1.82, 2.24) is 15.5 Å². The van der Waals surface area contributed by atoms with Gasteiger partial charge < -0.3 is 5.32 Å². The van der Waals surface area contributed by atoms with Crippen molar-refractivity contribution < 1.29 is 0 Å². The molecule has 0 aromatic carbocycles. The minimum absolute atomic E-state index is 0.862. The van der Waals surface area contributed by atoms with E-state index < -0.39 is 0 Å². The van der Waals surface area contributed by atoms with E-state index >= 15 is 0 Å². The Morgan fingerprint density at radius 1 is 1.50 bits per heavy atom. The largest absolute Gasteiger partial charge is 0.312 e. The first-order valence-corrected chi connectivity index (χ1v) is 6.39. The molecule has 5 heteroatoms. The Morgan fingerprint density at radius 3 is 3.00 bits per heavy atom. The van der Waals surface area contributed by atoms with E-state index in [1.807, 2.05) is 19.2 Å². The number of nitrogens with one attached hydrogen (secondary N) is 2. The highest BCUT2D eigenvalue weighted by Gasteiger charge is 2.00. The molecule has 16 heavy (non-hydrogen) atoms. The summed E-state index contributed by atoms with van der Waals surface area (Å²) in [5.74, 6) is 0. The van der Waals surface area contributed by atoms with Gasteiger partial charge in [-0.15, -0.1) is 11.3 Å². The van der Waals surface area contributed by atoms with Crippen LogP contribution in [0.4, 0.5) is 0 Å². The molecule has 0 fully saturated rings. The molecule has 0 atom stereocenters. The van der Waals surface area contributed by atoms with Crippen LogP contribution >= 0.6 is 22.9 Å². The second kappa shape index (κ2) is 5.48. The summed E-state index contributed by atoms with van der Waals surface area (Å²) in [4.78, 5) is 1.32. The Kier molecular flexibility index (Phi) is 3.98. The van der Waals surface area contributed by atoms with Gasteiger partial charge in [-0.1, -0.05) is 11.6 Å². The van der Waals surface area contributed by atoms with Crippen LogP contribution in [0.1, 0.15) is 16.1 Å². The fourth-order valence-corrected chi connectivity index (χ4v) is 2.56. The number of hydrogen-bond acceptors (Lipinski definition) is 3. The van der Waals surface area contributed by atoms with Gasteiger partial charge in [0, 0.05) is 29.2 Å². The third kappa shape index (κ3) is 3.07. The summed E-state index contributed by atoms with van der Waals surface area (Å²) in [6, 6.07) is 4.03. The lowest BCUT2D eigenvalue weighted by Gasteiger charge is -2.02. The predicted molar refractivity (Wildman–Crippen MR) is 68.1 cm³/mol. The highest BCUT2D eigenvalue weighted by atomic mass is 35.5. The number of aromatic nitrogens is 2. The summed E-state index contributed by atoms with van der Waals surface area (Å²) >= 11 is 7.51. The second-order valence-electron chi connectivity index (χ2n) is 3.65. The van der Waals surface area contributed by atoms with Crippen molar-refractivity contribution in [2.75, 3.05) is 6.54 Å². The molecule has 0 aliphatic carbocycles. The Labute approximate surface area is 104 Å².